The summed E-state index contributed by atoms with van der Waals surface area (Å²) in [6, 6.07) is 1.46. The standard InChI is InChI=1S/C14H29N3O/c1-12-9-17-7-3-5-13(17)10-16(12)8-4-6-14(2,15)11-18/h12-13,18H,3-11,15H2,1-2H3. The van der Waals surface area contributed by atoms with E-state index in [-0.39, 0.29) is 6.61 Å². The molecule has 2 rings (SSSR count). The van der Waals surface area contributed by atoms with Crippen LogP contribution in [0.15, 0.2) is 0 Å². The molecule has 0 aromatic carbocycles. The maximum Gasteiger partial charge on any atom is 0.0608 e. The van der Waals surface area contributed by atoms with Crippen molar-refractivity contribution in [3.05, 3.63) is 0 Å². The van der Waals surface area contributed by atoms with Gasteiger partial charge >= 0.3 is 0 Å². The van der Waals surface area contributed by atoms with Crippen LogP contribution in [-0.2, 0) is 0 Å². The Hall–Kier alpha value is -0.160. The molecule has 3 atom stereocenters. The first-order valence-corrected chi connectivity index (χ1v) is 7.40. The highest BCUT2D eigenvalue weighted by atomic mass is 16.3. The quantitative estimate of drug-likeness (QED) is 0.757. The van der Waals surface area contributed by atoms with Gasteiger partial charge in [0.05, 0.1) is 6.61 Å². The Bertz CT molecular complexity index is 270. The van der Waals surface area contributed by atoms with Crippen molar-refractivity contribution < 1.29 is 5.11 Å². The molecule has 4 heteroatoms. The lowest BCUT2D eigenvalue weighted by atomic mass is 9.97. The Balaban J connectivity index is 1.75. The van der Waals surface area contributed by atoms with E-state index in [4.69, 9.17) is 10.8 Å². The molecule has 2 aliphatic rings. The predicted octanol–water partition coefficient (Wildman–Crippen LogP) is 0.645. The summed E-state index contributed by atoms with van der Waals surface area (Å²) >= 11 is 0. The number of aliphatic hydroxyl groups is 1. The molecule has 0 amide bonds. The lowest BCUT2D eigenvalue weighted by Crippen LogP contribution is -2.55. The number of nitrogens with two attached hydrogens (primary N) is 1. The lowest BCUT2D eigenvalue weighted by Gasteiger charge is -2.42. The van der Waals surface area contributed by atoms with E-state index in [0.717, 1.165) is 25.4 Å². The number of piperazine rings is 1. The Morgan fingerprint density at radius 1 is 1.39 bits per heavy atom. The highest BCUT2D eigenvalue weighted by molar-refractivity contribution is 4.90. The van der Waals surface area contributed by atoms with Crippen LogP contribution in [0.1, 0.15) is 39.5 Å². The third-order valence-corrected chi connectivity index (χ3v) is 4.62. The second kappa shape index (κ2) is 5.87. The fraction of sp³-hybridized carbons (Fsp3) is 1.00. The van der Waals surface area contributed by atoms with Gasteiger partial charge < -0.3 is 10.8 Å². The molecular weight excluding hydrogens is 226 g/mol. The van der Waals surface area contributed by atoms with Gasteiger partial charge in [0.15, 0.2) is 0 Å². The van der Waals surface area contributed by atoms with E-state index in [2.05, 4.69) is 16.7 Å². The smallest absolute Gasteiger partial charge is 0.0608 e. The van der Waals surface area contributed by atoms with Gasteiger partial charge in [0.2, 0.25) is 0 Å². The largest absolute Gasteiger partial charge is 0.394 e. The van der Waals surface area contributed by atoms with Gasteiger partial charge in [0.1, 0.15) is 0 Å². The molecule has 2 fully saturated rings. The number of rotatable bonds is 5. The average molecular weight is 255 g/mol. The number of fused-ring (bicyclic) bond motifs is 1. The first-order valence-electron chi connectivity index (χ1n) is 7.40. The van der Waals surface area contributed by atoms with E-state index in [9.17, 15) is 0 Å². The lowest BCUT2D eigenvalue weighted by molar-refractivity contribution is 0.0563. The number of aliphatic hydroxyl groups excluding tert-OH is 1. The van der Waals surface area contributed by atoms with Gasteiger partial charge in [0.25, 0.3) is 0 Å². The summed E-state index contributed by atoms with van der Waals surface area (Å²) in [5, 5.41) is 9.16. The second-order valence-electron chi connectivity index (χ2n) is 6.55. The van der Waals surface area contributed by atoms with Crippen molar-refractivity contribution in [1.29, 1.82) is 0 Å². The van der Waals surface area contributed by atoms with E-state index >= 15 is 0 Å². The summed E-state index contributed by atoms with van der Waals surface area (Å²) in [4.78, 5) is 5.27. The van der Waals surface area contributed by atoms with Crippen LogP contribution in [-0.4, -0.2) is 65.3 Å². The topological polar surface area (TPSA) is 52.7 Å². The summed E-state index contributed by atoms with van der Waals surface area (Å²) in [6.07, 6.45) is 4.73. The highest BCUT2D eigenvalue weighted by Crippen LogP contribution is 2.24. The summed E-state index contributed by atoms with van der Waals surface area (Å²) in [7, 11) is 0. The van der Waals surface area contributed by atoms with Gasteiger partial charge in [-0.05, 0) is 52.6 Å². The van der Waals surface area contributed by atoms with E-state index in [1.54, 1.807) is 0 Å². The minimum atomic E-state index is -0.404. The Labute approximate surface area is 111 Å². The van der Waals surface area contributed by atoms with Crippen LogP contribution < -0.4 is 5.73 Å². The monoisotopic (exact) mass is 255 g/mol. The van der Waals surface area contributed by atoms with Crippen LogP contribution in [0.4, 0.5) is 0 Å². The van der Waals surface area contributed by atoms with Gasteiger partial charge in [-0.25, -0.2) is 0 Å². The van der Waals surface area contributed by atoms with Crippen molar-refractivity contribution in [3.8, 4) is 0 Å². The number of hydrogen-bond acceptors (Lipinski definition) is 4. The van der Waals surface area contributed by atoms with Crippen molar-refractivity contribution in [2.75, 3.05) is 32.8 Å². The zero-order chi connectivity index (χ0) is 13.2. The van der Waals surface area contributed by atoms with E-state index in [1.807, 2.05) is 6.92 Å². The van der Waals surface area contributed by atoms with Crippen LogP contribution in [0.3, 0.4) is 0 Å². The minimum absolute atomic E-state index is 0.0823. The predicted molar refractivity (Wildman–Crippen MR) is 74.5 cm³/mol. The normalized spacial score (nSPS) is 33.3. The van der Waals surface area contributed by atoms with Crippen LogP contribution in [0, 0.1) is 0 Å². The molecule has 106 valence electrons. The molecule has 2 heterocycles. The molecule has 0 radical (unpaired) electrons. The van der Waals surface area contributed by atoms with Crippen molar-refractivity contribution in [2.24, 2.45) is 5.73 Å². The van der Waals surface area contributed by atoms with Gasteiger partial charge in [-0.2, -0.15) is 0 Å². The van der Waals surface area contributed by atoms with E-state index in [0.29, 0.717) is 6.04 Å². The van der Waals surface area contributed by atoms with Crippen LogP contribution in [0.5, 0.6) is 0 Å². The van der Waals surface area contributed by atoms with E-state index < -0.39 is 5.54 Å². The molecule has 18 heavy (non-hydrogen) atoms. The molecular formula is C14H29N3O. The summed E-state index contributed by atoms with van der Waals surface area (Å²) in [5.41, 5.74) is 5.57. The summed E-state index contributed by atoms with van der Waals surface area (Å²) in [5.74, 6) is 0. The highest BCUT2D eigenvalue weighted by Gasteiger charge is 2.34. The molecule has 0 saturated carbocycles. The molecule has 0 bridgehead atoms. The maximum absolute atomic E-state index is 9.16. The third-order valence-electron chi connectivity index (χ3n) is 4.62. The fourth-order valence-corrected chi connectivity index (χ4v) is 3.32. The van der Waals surface area contributed by atoms with Crippen LogP contribution >= 0.6 is 0 Å². The van der Waals surface area contributed by atoms with Crippen molar-refractivity contribution >= 4 is 0 Å². The van der Waals surface area contributed by atoms with Crippen molar-refractivity contribution in [3.63, 3.8) is 0 Å². The van der Waals surface area contributed by atoms with Crippen molar-refractivity contribution in [2.45, 2.75) is 57.2 Å². The second-order valence-corrected chi connectivity index (χ2v) is 6.55. The van der Waals surface area contributed by atoms with Crippen LogP contribution in [0.25, 0.3) is 0 Å². The first kappa shape index (κ1) is 14.3. The number of hydrogen-bond donors (Lipinski definition) is 2. The summed E-state index contributed by atoms with van der Waals surface area (Å²) < 4.78 is 0. The van der Waals surface area contributed by atoms with Gasteiger partial charge in [-0.15, -0.1) is 0 Å². The SMILES string of the molecule is CC1CN2CCCC2CN1CCCC(C)(N)CO. The Morgan fingerprint density at radius 3 is 2.89 bits per heavy atom. The molecule has 3 N–H and O–H groups in total. The molecule has 0 aromatic heterocycles. The molecule has 4 nitrogen and oxygen atoms in total. The molecule has 0 spiro atoms. The molecule has 0 aromatic rings. The van der Waals surface area contributed by atoms with Crippen LogP contribution in [0.2, 0.25) is 0 Å². The van der Waals surface area contributed by atoms with Crippen molar-refractivity contribution in [1.82, 2.24) is 9.80 Å². The van der Waals surface area contributed by atoms with Gasteiger partial charge in [-0.3, -0.25) is 9.80 Å². The fourth-order valence-electron chi connectivity index (χ4n) is 3.32. The minimum Gasteiger partial charge on any atom is -0.394 e. The molecule has 2 saturated heterocycles. The Morgan fingerprint density at radius 2 is 2.17 bits per heavy atom. The van der Waals surface area contributed by atoms with E-state index in [1.165, 1.54) is 32.5 Å². The molecule has 3 unspecified atom stereocenters. The van der Waals surface area contributed by atoms with Gasteiger partial charge in [0, 0.05) is 30.7 Å². The van der Waals surface area contributed by atoms with Gasteiger partial charge in [-0.1, -0.05) is 0 Å². The number of nitrogens with zero attached hydrogens (tertiary/aromatic N) is 2. The first-order chi connectivity index (χ1) is 8.52. The summed E-state index contributed by atoms with van der Waals surface area (Å²) in [6.45, 7) is 9.23. The average Bonchev–Trinajstić information content (AvgIpc) is 2.76. The molecule has 2 aliphatic heterocycles. The zero-order valence-corrected chi connectivity index (χ0v) is 11.9. The molecule has 0 aliphatic carbocycles. The zero-order valence-electron chi connectivity index (χ0n) is 11.9. The maximum atomic E-state index is 9.16. The Kier molecular flexibility index (Phi) is 4.64. The third kappa shape index (κ3) is 3.44.